The van der Waals surface area contributed by atoms with Crippen molar-refractivity contribution in [1.82, 2.24) is 14.7 Å². The molecular weight excluding hydrogens is 441 g/mol. The van der Waals surface area contributed by atoms with Gasteiger partial charge in [-0.2, -0.15) is 0 Å². The van der Waals surface area contributed by atoms with Crippen LogP contribution in [0.1, 0.15) is 17.7 Å². The first-order valence-electron chi connectivity index (χ1n) is 9.97. The number of imide groups is 1. The van der Waals surface area contributed by atoms with Gasteiger partial charge in [0.2, 0.25) is 11.9 Å². The summed E-state index contributed by atoms with van der Waals surface area (Å²) in [4.78, 5) is 35.8. The lowest BCUT2D eigenvalue weighted by Crippen LogP contribution is -2.64. The molecule has 0 bridgehead atoms. The number of nitrogens with zero attached hydrogens (tertiary/aromatic N) is 5. The number of benzene rings is 1. The summed E-state index contributed by atoms with van der Waals surface area (Å²) >= 11 is 12.6. The van der Waals surface area contributed by atoms with Gasteiger partial charge in [-0.05, 0) is 24.3 Å². The molecule has 1 unspecified atom stereocenters. The van der Waals surface area contributed by atoms with Crippen LogP contribution in [0.5, 0.6) is 0 Å². The van der Waals surface area contributed by atoms with Gasteiger partial charge in [0, 0.05) is 29.1 Å². The summed E-state index contributed by atoms with van der Waals surface area (Å²) in [5.41, 5.74) is 0.543. The third-order valence-electron chi connectivity index (χ3n) is 5.80. The van der Waals surface area contributed by atoms with E-state index in [0.29, 0.717) is 40.5 Å². The molecule has 2 aromatic rings. The van der Waals surface area contributed by atoms with Crippen molar-refractivity contribution >= 4 is 46.9 Å². The van der Waals surface area contributed by atoms with Gasteiger partial charge in [-0.3, -0.25) is 19.2 Å². The molecule has 160 valence electrons. The number of aliphatic imine (C=N–C) groups is 1. The minimum Gasteiger partial charge on any atom is -0.466 e. The molecule has 0 aliphatic carbocycles. The number of amidine groups is 1. The monoisotopic (exact) mass is 460 g/mol. The highest BCUT2D eigenvalue weighted by Gasteiger charge is 2.56. The molecular formula is C21H20Cl2N5O3+. The molecule has 3 aliphatic rings. The molecule has 0 saturated carbocycles. The van der Waals surface area contributed by atoms with Crippen molar-refractivity contribution in [2.75, 3.05) is 20.1 Å². The normalized spacial score (nSPS) is 20.9. The van der Waals surface area contributed by atoms with Crippen LogP contribution in [-0.4, -0.2) is 69.2 Å². The van der Waals surface area contributed by atoms with Gasteiger partial charge >= 0.3 is 12.0 Å². The molecule has 8 nitrogen and oxygen atoms in total. The summed E-state index contributed by atoms with van der Waals surface area (Å²) in [7, 11) is 1.64. The van der Waals surface area contributed by atoms with Gasteiger partial charge < -0.3 is 4.42 Å². The number of carbonyl (C=O) groups excluding carboxylic acids is 2. The zero-order valence-corrected chi connectivity index (χ0v) is 18.3. The largest absolute Gasteiger partial charge is 0.466 e. The van der Waals surface area contributed by atoms with Gasteiger partial charge in [0.05, 0.1) is 25.9 Å². The van der Waals surface area contributed by atoms with Gasteiger partial charge in [-0.25, -0.2) is 9.69 Å². The van der Waals surface area contributed by atoms with Crippen molar-refractivity contribution in [2.24, 2.45) is 4.99 Å². The highest BCUT2D eigenvalue weighted by molar-refractivity contribution is 6.36. The standard InChI is InChI=1S/C21H20Cl2N5O3/c1-25-18-17(19(29)28(21(25)30)12-14-15(22)6-2-7-16(14)23)27-9-4-8-26(20(27)24-18)11-13-5-3-10-31-13/h2-3,5-7,10,17H,4,8-9,11-12H2,1H3/q+1. The van der Waals surface area contributed by atoms with Crippen LogP contribution in [0.3, 0.4) is 0 Å². The van der Waals surface area contributed by atoms with Crippen LogP contribution in [0.4, 0.5) is 4.79 Å². The van der Waals surface area contributed by atoms with E-state index in [4.69, 9.17) is 32.6 Å². The number of halogens is 2. The number of hydrogen-bond acceptors (Lipinski definition) is 5. The van der Waals surface area contributed by atoms with E-state index >= 15 is 0 Å². The van der Waals surface area contributed by atoms with E-state index in [1.54, 1.807) is 31.5 Å². The predicted octanol–water partition coefficient (Wildman–Crippen LogP) is 3.04. The maximum absolute atomic E-state index is 13.5. The van der Waals surface area contributed by atoms with Crippen LogP contribution < -0.4 is 0 Å². The average Bonchev–Trinajstić information content (AvgIpc) is 3.40. The Morgan fingerprint density at radius 1 is 1.19 bits per heavy atom. The van der Waals surface area contributed by atoms with Crippen LogP contribution in [0.15, 0.2) is 46.0 Å². The van der Waals surface area contributed by atoms with Gasteiger partial charge in [-0.15, -0.1) is 0 Å². The maximum atomic E-state index is 13.5. The van der Waals surface area contributed by atoms with Crippen LogP contribution >= 0.6 is 23.2 Å². The van der Waals surface area contributed by atoms with E-state index in [0.717, 1.165) is 18.7 Å². The third kappa shape index (κ3) is 3.30. The van der Waals surface area contributed by atoms with Crippen LogP contribution in [-0.2, 0) is 17.9 Å². The van der Waals surface area contributed by atoms with E-state index in [1.165, 1.54) is 9.80 Å². The number of hydrogen-bond donors (Lipinski definition) is 0. The molecule has 10 heteroatoms. The lowest BCUT2D eigenvalue weighted by Gasteiger charge is -2.36. The van der Waals surface area contributed by atoms with Crippen molar-refractivity contribution in [1.29, 1.82) is 0 Å². The van der Waals surface area contributed by atoms with E-state index in [9.17, 15) is 9.59 Å². The molecule has 1 fully saturated rings. The number of carbonyl (C=O) groups is 2. The van der Waals surface area contributed by atoms with E-state index in [1.807, 2.05) is 17.0 Å². The minimum atomic E-state index is -0.654. The van der Waals surface area contributed by atoms with Crippen molar-refractivity contribution in [3.63, 3.8) is 0 Å². The Morgan fingerprint density at radius 2 is 1.97 bits per heavy atom. The number of likely N-dealkylation sites (N-methyl/N-ethyl adjacent to an activating group) is 1. The Balaban J connectivity index is 1.49. The summed E-state index contributed by atoms with van der Waals surface area (Å²) in [6, 6.07) is 7.76. The summed E-state index contributed by atoms with van der Waals surface area (Å²) in [6.07, 6.45) is 2.50. The summed E-state index contributed by atoms with van der Waals surface area (Å²) in [5, 5.41) is 0.827. The first-order valence-corrected chi connectivity index (χ1v) is 10.7. The maximum Gasteiger partial charge on any atom is 0.392 e. The molecule has 5 rings (SSSR count). The van der Waals surface area contributed by atoms with Gasteiger partial charge in [0.1, 0.15) is 12.3 Å². The third-order valence-corrected chi connectivity index (χ3v) is 6.51. The highest BCUT2D eigenvalue weighted by Crippen LogP contribution is 2.30. The molecule has 1 saturated heterocycles. The summed E-state index contributed by atoms with van der Waals surface area (Å²) in [5.74, 6) is 1.62. The van der Waals surface area contributed by atoms with E-state index in [-0.39, 0.29) is 12.5 Å². The molecule has 31 heavy (non-hydrogen) atoms. The quantitative estimate of drug-likeness (QED) is 0.657. The number of rotatable bonds is 4. The van der Waals surface area contributed by atoms with E-state index in [2.05, 4.69) is 4.58 Å². The highest BCUT2D eigenvalue weighted by atomic mass is 35.5. The molecule has 3 amide bonds. The van der Waals surface area contributed by atoms with Crippen LogP contribution in [0.25, 0.3) is 0 Å². The first kappa shape index (κ1) is 20.1. The summed E-state index contributed by atoms with van der Waals surface area (Å²) in [6.45, 7) is 2.02. The Labute approximate surface area is 188 Å². The SMILES string of the molecule is CN1C(=O)N(Cc2c(Cl)cccc2Cl)C(=O)C2C1=NC1=[N+](Cc3ccco3)CCCN12. The van der Waals surface area contributed by atoms with Gasteiger partial charge in [-0.1, -0.05) is 34.3 Å². The fourth-order valence-corrected chi connectivity index (χ4v) is 4.76. The average molecular weight is 461 g/mol. The topological polar surface area (TPSA) is 72.4 Å². The molecule has 0 N–H and O–H groups in total. The second-order valence-corrected chi connectivity index (χ2v) is 8.50. The molecule has 1 atom stereocenters. The minimum absolute atomic E-state index is 0.00355. The molecule has 1 aromatic heterocycles. The molecule has 1 aromatic carbocycles. The lowest BCUT2D eigenvalue weighted by atomic mass is 10.1. The Kier molecular flexibility index (Phi) is 4.98. The number of furan rings is 1. The number of urea groups is 1. The molecule has 0 radical (unpaired) electrons. The van der Waals surface area contributed by atoms with Gasteiger partial charge in [0.25, 0.3) is 5.91 Å². The predicted molar refractivity (Wildman–Crippen MR) is 115 cm³/mol. The second-order valence-electron chi connectivity index (χ2n) is 7.69. The second kappa shape index (κ2) is 7.69. The number of fused-ring (bicyclic) bond motifs is 3. The van der Waals surface area contributed by atoms with E-state index < -0.39 is 12.1 Å². The molecule has 0 spiro atoms. The zero-order valence-electron chi connectivity index (χ0n) is 16.8. The first-order chi connectivity index (χ1) is 15.0. The van der Waals surface area contributed by atoms with Crippen molar-refractivity contribution in [2.45, 2.75) is 25.6 Å². The van der Waals surface area contributed by atoms with Crippen molar-refractivity contribution in [3.8, 4) is 0 Å². The molecule has 4 heterocycles. The zero-order chi connectivity index (χ0) is 21.7. The fraction of sp³-hybridized carbons (Fsp3) is 0.333. The van der Waals surface area contributed by atoms with Crippen LogP contribution in [0, 0.1) is 0 Å². The summed E-state index contributed by atoms with van der Waals surface area (Å²) < 4.78 is 7.56. The lowest BCUT2D eigenvalue weighted by molar-refractivity contribution is -0.556. The Bertz CT molecular complexity index is 1110. The Hall–Kier alpha value is -2.84. The number of amides is 3. The van der Waals surface area contributed by atoms with Gasteiger partial charge in [0.15, 0.2) is 0 Å². The smallest absolute Gasteiger partial charge is 0.392 e. The van der Waals surface area contributed by atoms with Crippen LogP contribution in [0.2, 0.25) is 10.0 Å². The Morgan fingerprint density at radius 3 is 2.68 bits per heavy atom. The molecule has 3 aliphatic heterocycles. The van der Waals surface area contributed by atoms with Crippen molar-refractivity contribution in [3.05, 3.63) is 58.0 Å². The number of guanidine groups is 1. The fourth-order valence-electron chi connectivity index (χ4n) is 4.25. The van der Waals surface area contributed by atoms with Crippen molar-refractivity contribution < 1.29 is 18.6 Å².